The van der Waals surface area contributed by atoms with Crippen molar-refractivity contribution in [1.82, 2.24) is 10.3 Å². The number of hydrogen-bond acceptors (Lipinski definition) is 2. The van der Waals surface area contributed by atoms with Gasteiger partial charge in [0, 0.05) is 18.8 Å². The maximum absolute atomic E-state index is 11.7. The molecule has 2 aromatic rings. The third kappa shape index (κ3) is 5.05. The minimum absolute atomic E-state index is 0.212. The van der Waals surface area contributed by atoms with Gasteiger partial charge in [-0.05, 0) is 35.4 Å². The molecule has 0 aliphatic heterocycles. The van der Waals surface area contributed by atoms with Gasteiger partial charge in [0.25, 0.3) is 0 Å². The van der Waals surface area contributed by atoms with Gasteiger partial charge in [-0.1, -0.05) is 46.9 Å². The molecule has 0 saturated heterocycles. The molecule has 21 heavy (non-hydrogen) atoms. The first-order valence-corrected chi connectivity index (χ1v) is 7.19. The van der Waals surface area contributed by atoms with Crippen LogP contribution >= 0.6 is 34.8 Å². The Morgan fingerprint density at radius 2 is 1.95 bits per heavy atom. The van der Waals surface area contributed by atoms with Gasteiger partial charge < -0.3 is 5.32 Å². The van der Waals surface area contributed by atoms with Crippen molar-refractivity contribution in [3.63, 3.8) is 0 Å². The molecule has 0 unspecified atom stereocenters. The number of nitrogens with one attached hydrogen (secondary N) is 1. The molecule has 0 spiro atoms. The molecule has 0 aliphatic rings. The van der Waals surface area contributed by atoms with Crippen LogP contribution in [-0.2, 0) is 11.3 Å². The second-order valence-corrected chi connectivity index (χ2v) is 5.42. The van der Waals surface area contributed by atoms with Gasteiger partial charge in [-0.3, -0.25) is 4.79 Å². The fourth-order valence-electron chi connectivity index (χ4n) is 1.55. The SMILES string of the molecule is O=C(C=Cc1ccc(Cl)c(Cl)c1)NCc1ccc(Cl)nc1. The minimum Gasteiger partial charge on any atom is -0.348 e. The lowest BCUT2D eigenvalue weighted by molar-refractivity contribution is -0.116. The summed E-state index contributed by atoms with van der Waals surface area (Å²) in [7, 11) is 0. The number of carbonyl (C=O) groups excluding carboxylic acids is 1. The lowest BCUT2D eigenvalue weighted by atomic mass is 10.2. The number of hydrogen-bond donors (Lipinski definition) is 1. The molecule has 1 aromatic heterocycles. The largest absolute Gasteiger partial charge is 0.348 e. The zero-order valence-electron chi connectivity index (χ0n) is 10.8. The van der Waals surface area contributed by atoms with Gasteiger partial charge >= 0.3 is 0 Å². The Morgan fingerprint density at radius 1 is 1.14 bits per heavy atom. The molecule has 0 atom stereocenters. The molecular weight excluding hydrogens is 331 g/mol. The number of nitrogens with zero attached hydrogens (tertiary/aromatic N) is 1. The summed E-state index contributed by atoms with van der Waals surface area (Å²) in [6, 6.07) is 8.63. The summed E-state index contributed by atoms with van der Waals surface area (Å²) < 4.78 is 0. The Bertz CT molecular complexity index is 669. The van der Waals surface area contributed by atoms with Crippen LogP contribution in [0.15, 0.2) is 42.6 Å². The van der Waals surface area contributed by atoms with Crippen molar-refractivity contribution in [2.75, 3.05) is 0 Å². The van der Waals surface area contributed by atoms with E-state index >= 15 is 0 Å². The maximum Gasteiger partial charge on any atom is 0.244 e. The maximum atomic E-state index is 11.7. The molecule has 3 nitrogen and oxygen atoms in total. The van der Waals surface area contributed by atoms with Crippen molar-refractivity contribution in [2.24, 2.45) is 0 Å². The van der Waals surface area contributed by atoms with Crippen molar-refractivity contribution < 1.29 is 4.79 Å². The third-order valence-corrected chi connectivity index (χ3v) is 3.59. The van der Waals surface area contributed by atoms with Gasteiger partial charge in [0.05, 0.1) is 10.0 Å². The van der Waals surface area contributed by atoms with Crippen molar-refractivity contribution in [3.8, 4) is 0 Å². The molecule has 6 heteroatoms. The second-order valence-electron chi connectivity index (χ2n) is 4.21. The minimum atomic E-state index is -0.212. The van der Waals surface area contributed by atoms with Crippen LogP contribution in [0.4, 0.5) is 0 Å². The Kier molecular flexibility index (Phi) is 5.62. The van der Waals surface area contributed by atoms with E-state index in [9.17, 15) is 4.79 Å². The summed E-state index contributed by atoms with van der Waals surface area (Å²) in [6.45, 7) is 0.384. The first-order valence-electron chi connectivity index (χ1n) is 6.06. The van der Waals surface area contributed by atoms with Gasteiger partial charge in [-0.2, -0.15) is 0 Å². The summed E-state index contributed by atoms with van der Waals surface area (Å²) in [4.78, 5) is 15.6. The van der Waals surface area contributed by atoms with Crippen LogP contribution in [0.25, 0.3) is 6.08 Å². The van der Waals surface area contributed by atoms with E-state index in [1.807, 2.05) is 0 Å². The predicted molar refractivity (Wildman–Crippen MR) is 86.6 cm³/mol. The molecule has 1 heterocycles. The van der Waals surface area contributed by atoms with Gasteiger partial charge in [-0.25, -0.2) is 4.98 Å². The molecule has 108 valence electrons. The molecule has 1 amide bonds. The van der Waals surface area contributed by atoms with E-state index in [1.165, 1.54) is 6.08 Å². The molecule has 0 saturated carbocycles. The summed E-state index contributed by atoms with van der Waals surface area (Å²) in [5.41, 5.74) is 1.67. The Labute approximate surface area is 137 Å². The van der Waals surface area contributed by atoms with E-state index in [2.05, 4.69) is 10.3 Å². The monoisotopic (exact) mass is 340 g/mol. The van der Waals surface area contributed by atoms with E-state index in [0.717, 1.165) is 11.1 Å². The number of halogens is 3. The quantitative estimate of drug-likeness (QED) is 0.662. The van der Waals surface area contributed by atoms with E-state index in [-0.39, 0.29) is 5.91 Å². The summed E-state index contributed by atoms with van der Waals surface area (Å²) in [5.74, 6) is -0.212. The average molecular weight is 342 g/mol. The highest BCUT2D eigenvalue weighted by Gasteiger charge is 1.99. The van der Waals surface area contributed by atoms with Crippen molar-refractivity contribution >= 4 is 46.8 Å². The van der Waals surface area contributed by atoms with Crippen LogP contribution in [0.1, 0.15) is 11.1 Å². The highest BCUT2D eigenvalue weighted by molar-refractivity contribution is 6.42. The highest BCUT2D eigenvalue weighted by Crippen LogP contribution is 2.23. The van der Waals surface area contributed by atoms with Gasteiger partial charge in [-0.15, -0.1) is 0 Å². The normalized spacial score (nSPS) is 10.8. The molecule has 0 radical (unpaired) electrons. The van der Waals surface area contributed by atoms with E-state index < -0.39 is 0 Å². The van der Waals surface area contributed by atoms with Crippen LogP contribution in [0.5, 0.6) is 0 Å². The molecule has 2 rings (SSSR count). The number of rotatable bonds is 4. The van der Waals surface area contributed by atoms with E-state index in [0.29, 0.717) is 21.7 Å². The Morgan fingerprint density at radius 3 is 2.62 bits per heavy atom. The topological polar surface area (TPSA) is 42.0 Å². The zero-order valence-corrected chi connectivity index (χ0v) is 13.1. The number of amides is 1. The van der Waals surface area contributed by atoms with Crippen LogP contribution in [-0.4, -0.2) is 10.9 Å². The molecule has 1 aromatic carbocycles. The Balaban J connectivity index is 1.90. The fourth-order valence-corrected chi connectivity index (χ4v) is 1.97. The van der Waals surface area contributed by atoms with Crippen LogP contribution in [0.2, 0.25) is 15.2 Å². The molecule has 1 N–H and O–H groups in total. The van der Waals surface area contributed by atoms with Gasteiger partial charge in [0.1, 0.15) is 5.15 Å². The van der Waals surface area contributed by atoms with Crippen molar-refractivity contribution in [1.29, 1.82) is 0 Å². The fraction of sp³-hybridized carbons (Fsp3) is 0.0667. The summed E-state index contributed by atoms with van der Waals surface area (Å²) in [6.07, 6.45) is 4.71. The standard InChI is InChI=1S/C15H11Cl3N2O/c16-12-4-1-10(7-13(12)17)3-6-15(21)20-9-11-2-5-14(18)19-8-11/h1-8H,9H2,(H,20,21). The second kappa shape index (κ2) is 7.46. The van der Waals surface area contributed by atoms with E-state index in [4.69, 9.17) is 34.8 Å². The van der Waals surface area contributed by atoms with Crippen LogP contribution in [0.3, 0.4) is 0 Å². The smallest absolute Gasteiger partial charge is 0.244 e. The van der Waals surface area contributed by atoms with Crippen molar-refractivity contribution in [3.05, 3.63) is 68.9 Å². The highest BCUT2D eigenvalue weighted by atomic mass is 35.5. The zero-order chi connectivity index (χ0) is 15.2. The Hall–Kier alpha value is -1.55. The summed E-state index contributed by atoms with van der Waals surface area (Å²) >= 11 is 17.4. The lowest BCUT2D eigenvalue weighted by Gasteiger charge is -2.02. The average Bonchev–Trinajstić information content (AvgIpc) is 2.48. The molecule has 0 fully saturated rings. The molecular formula is C15H11Cl3N2O. The predicted octanol–water partition coefficient (Wildman–Crippen LogP) is 4.37. The van der Waals surface area contributed by atoms with Gasteiger partial charge in [0.15, 0.2) is 0 Å². The van der Waals surface area contributed by atoms with Crippen LogP contribution in [0, 0.1) is 0 Å². The number of aromatic nitrogens is 1. The third-order valence-electron chi connectivity index (χ3n) is 2.63. The molecule has 0 bridgehead atoms. The lowest BCUT2D eigenvalue weighted by Crippen LogP contribution is -2.20. The first-order chi connectivity index (χ1) is 10.0. The first kappa shape index (κ1) is 15.8. The number of pyridine rings is 1. The number of carbonyl (C=O) groups is 1. The molecule has 0 aliphatic carbocycles. The van der Waals surface area contributed by atoms with Crippen LogP contribution < -0.4 is 5.32 Å². The van der Waals surface area contributed by atoms with Gasteiger partial charge in [0.2, 0.25) is 5.91 Å². The van der Waals surface area contributed by atoms with E-state index in [1.54, 1.807) is 42.6 Å². The van der Waals surface area contributed by atoms with Crippen molar-refractivity contribution in [2.45, 2.75) is 6.54 Å². The number of benzene rings is 1. The summed E-state index contributed by atoms with van der Waals surface area (Å²) in [5, 5.41) is 4.10.